The molecule has 1 unspecified atom stereocenters. The SMILES string of the molecule is COc1ccc(N=C2SC(CC(=O)NCC3CCCCC3)C(=O)N2C)cc1. The Morgan fingerprint density at radius 2 is 1.96 bits per heavy atom. The van der Waals surface area contributed by atoms with Crippen LogP contribution in [0, 0.1) is 5.92 Å². The Labute approximate surface area is 164 Å². The van der Waals surface area contributed by atoms with E-state index in [0.29, 0.717) is 11.1 Å². The van der Waals surface area contributed by atoms with Crippen molar-refractivity contribution in [2.45, 2.75) is 43.8 Å². The van der Waals surface area contributed by atoms with Gasteiger partial charge in [0, 0.05) is 20.0 Å². The fraction of sp³-hybridized carbons (Fsp3) is 0.550. The molecule has 0 bridgehead atoms. The zero-order valence-electron chi connectivity index (χ0n) is 15.9. The summed E-state index contributed by atoms with van der Waals surface area (Å²) in [5, 5.41) is 3.23. The summed E-state index contributed by atoms with van der Waals surface area (Å²) in [7, 11) is 3.32. The van der Waals surface area contributed by atoms with Crippen molar-refractivity contribution in [2.75, 3.05) is 20.7 Å². The van der Waals surface area contributed by atoms with Crippen molar-refractivity contribution in [2.24, 2.45) is 10.9 Å². The average Bonchev–Trinajstić information content (AvgIpc) is 2.95. The molecule has 0 radical (unpaired) electrons. The zero-order valence-corrected chi connectivity index (χ0v) is 16.8. The van der Waals surface area contributed by atoms with Gasteiger partial charge in [-0.15, -0.1) is 0 Å². The molecule has 2 fully saturated rings. The molecular weight excluding hydrogens is 362 g/mol. The van der Waals surface area contributed by atoms with Crippen molar-refractivity contribution in [1.29, 1.82) is 0 Å². The molecule has 1 N–H and O–H groups in total. The first kappa shape index (κ1) is 19.7. The van der Waals surface area contributed by atoms with Crippen molar-refractivity contribution in [3.63, 3.8) is 0 Å². The number of benzene rings is 1. The number of thioether (sulfide) groups is 1. The predicted molar refractivity (Wildman–Crippen MR) is 108 cm³/mol. The van der Waals surface area contributed by atoms with Crippen LogP contribution in [0.15, 0.2) is 29.3 Å². The minimum Gasteiger partial charge on any atom is -0.497 e. The van der Waals surface area contributed by atoms with E-state index in [4.69, 9.17) is 4.74 Å². The van der Waals surface area contributed by atoms with E-state index in [0.717, 1.165) is 18.0 Å². The molecule has 6 nitrogen and oxygen atoms in total. The number of hydrogen-bond donors (Lipinski definition) is 1. The van der Waals surface area contributed by atoms with Crippen molar-refractivity contribution < 1.29 is 14.3 Å². The van der Waals surface area contributed by atoms with Crippen LogP contribution >= 0.6 is 11.8 Å². The molecule has 3 rings (SSSR count). The molecule has 1 aromatic rings. The molecule has 7 heteroatoms. The maximum absolute atomic E-state index is 12.5. The minimum atomic E-state index is -0.404. The van der Waals surface area contributed by atoms with Gasteiger partial charge in [0.2, 0.25) is 11.8 Å². The molecule has 146 valence electrons. The third-order valence-electron chi connectivity index (χ3n) is 5.12. The van der Waals surface area contributed by atoms with Crippen LogP contribution in [0.1, 0.15) is 38.5 Å². The Balaban J connectivity index is 1.54. The monoisotopic (exact) mass is 389 g/mol. The van der Waals surface area contributed by atoms with Crippen LogP contribution in [0.2, 0.25) is 0 Å². The summed E-state index contributed by atoms with van der Waals surface area (Å²) in [5.41, 5.74) is 0.750. The zero-order chi connectivity index (χ0) is 19.2. The molecule has 1 saturated carbocycles. The Bertz CT molecular complexity index is 699. The average molecular weight is 390 g/mol. The quantitative estimate of drug-likeness (QED) is 0.810. The molecule has 1 aromatic carbocycles. The Kier molecular flexibility index (Phi) is 6.77. The van der Waals surface area contributed by atoms with Crippen LogP contribution in [0.3, 0.4) is 0 Å². The Morgan fingerprint density at radius 3 is 2.63 bits per heavy atom. The minimum absolute atomic E-state index is 0.0504. The van der Waals surface area contributed by atoms with Gasteiger partial charge in [-0.05, 0) is 43.0 Å². The Hall–Kier alpha value is -2.02. The molecule has 0 aromatic heterocycles. The maximum atomic E-state index is 12.5. The molecule has 1 aliphatic carbocycles. The molecule has 27 heavy (non-hydrogen) atoms. The van der Waals surface area contributed by atoms with Gasteiger partial charge in [0.05, 0.1) is 12.8 Å². The number of nitrogens with one attached hydrogen (secondary N) is 1. The lowest BCUT2D eigenvalue weighted by atomic mass is 9.89. The summed E-state index contributed by atoms with van der Waals surface area (Å²) in [5.74, 6) is 1.23. The van der Waals surface area contributed by atoms with Gasteiger partial charge in [-0.1, -0.05) is 31.0 Å². The van der Waals surface area contributed by atoms with Crippen LogP contribution in [-0.2, 0) is 9.59 Å². The van der Waals surface area contributed by atoms with Gasteiger partial charge in [-0.25, -0.2) is 4.99 Å². The predicted octanol–water partition coefficient (Wildman–Crippen LogP) is 3.34. The smallest absolute Gasteiger partial charge is 0.242 e. The summed E-state index contributed by atoms with van der Waals surface area (Å²) in [4.78, 5) is 30.8. The summed E-state index contributed by atoms with van der Waals surface area (Å²) in [6, 6.07) is 7.35. The number of amidine groups is 1. The van der Waals surface area contributed by atoms with E-state index in [9.17, 15) is 9.59 Å². The van der Waals surface area contributed by atoms with Crippen LogP contribution in [0.4, 0.5) is 5.69 Å². The molecule has 2 amide bonds. The fourth-order valence-electron chi connectivity index (χ4n) is 3.45. The van der Waals surface area contributed by atoms with Crippen molar-refractivity contribution >= 4 is 34.4 Å². The highest BCUT2D eigenvalue weighted by molar-refractivity contribution is 8.15. The molecular formula is C20H27N3O3S. The summed E-state index contributed by atoms with van der Waals surface area (Å²) >= 11 is 1.36. The lowest BCUT2D eigenvalue weighted by Crippen LogP contribution is -2.34. The number of methoxy groups -OCH3 is 1. The summed E-state index contributed by atoms with van der Waals surface area (Å²) in [6.45, 7) is 0.729. The van der Waals surface area contributed by atoms with E-state index in [1.165, 1.54) is 48.8 Å². The van der Waals surface area contributed by atoms with E-state index in [-0.39, 0.29) is 18.2 Å². The maximum Gasteiger partial charge on any atom is 0.242 e. The number of hydrogen-bond acceptors (Lipinski definition) is 5. The van der Waals surface area contributed by atoms with E-state index >= 15 is 0 Å². The van der Waals surface area contributed by atoms with Crippen molar-refractivity contribution in [1.82, 2.24) is 10.2 Å². The second-order valence-electron chi connectivity index (χ2n) is 7.11. The number of rotatable bonds is 6. The van der Waals surface area contributed by atoms with E-state index in [1.54, 1.807) is 14.2 Å². The topological polar surface area (TPSA) is 71.0 Å². The van der Waals surface area contributed by atoms with E-state index < -0.39 is 5.25 Å². The second-order valence-corrected chi connectivity index (χ2v) is 8.28. The first-order valence-corrected chi connectivity index (χ1v) is 10.4. The third-order valence-corrected chi connectivity index (χ3v) is 6.35. The molecule has 1 heterocycles. The molecule has 1 atom stereocenters. The number of carbonyl (C=O) groups is 2. The fourth-order valence-corrected chi connectivity index (χ4v) is 4.61. The highest BCUT2D eigenvalue weighted by Gasteiger charge is 2.37. The van der Waals surface area contributed by atoms with Gasteiger partial charge in [-0.3, -0.25) is 14.5 Å². The second kappa shape index (κ2) is 9.26. The molecule has 1 aliphatic heterocycles. The molecule has 1 saturated heterocycles. The van der Waals surface area contributed by atoms with Crippen LogP contribution in [0.5, 0.6) is 5.75 Å². The largest absolute Gasteiger partial charge is 0.497 e. The van der Waals surface area contributed by atoms with Gasteiger partial charge >= 0.3 is 0 Å². The molecule has 2 aliphatic rings. The summed E-state index contributed by atoms with van der Waals surface area (Å²) < 4.78 is 5.14. The standard InChI is InChI=1S/C20H27N3O3S/c1-23-19(25)17(12-18(24)21-13-14-6-4-3-5-7-14)27-20(23)22-15-8-10-16(26-2)11-9-15/h8-11,14,17H,3-7,12-13H2,1-2H3,(H,21,24). The number of amides is 2. The number of carbonyl (C=O) groups excluding carboxylic acids is 2. The first-order valence-electron chi connectivity index (χ1n) is 9.50. The highest BCUT2D eigenvalue weighted by atomic mass is 32.2. The van der Waals surface area contributed by atoms with Gasteiger partial charge < -0.3 is 10.1 Å². The van der Waals surface area contributed by atoms with Crippen LogP contribution in [0.25, 0.3) is 0 Å². The number of ether oxygens (including phenoxy) is 1. The first-order chi connectivity index (χ1) is 13.1. The van der Waals surface area contributed by atoms with Gasteiger partial charge in [-0.2, -0.15) is 0 Å². The lowest BCUT2D eigenvalue weighted by molar-refractivity contribution is -0.128. The van der Waals surface area contributed by atoms with Crippen LogP contribution < -0.4 is 10.1 Å². The van der Waals surface area contributed by atoms with Gasteiger partial charge in [0.1, 0.15) is 11.0 Å². The van der Waals surface area contributed by atoms with Crippen molar-refractivity contribution in [3.05, 3.63) is 24.3 Å². The van der Waals surface area contributed by atoms with E-state index in [2.05, 4.69) is 10.3 Å². The van der Waals surface area contributed by atoms with E-state index in [1.807, 2.05) is 24.3 Å². The third kappa shape index (κ3) is 5.25. The number of aliphatic imine (C=N–C) groups is 1. The highest BCUT2D eigenvalue weighted by Crippen LogP contribution is 2.31. The summed E-state index contributed by atoms with van der Waals surface area (Å²) in [6.07, 6.45) is 6.40. The van der Waals surface area contributed by atoms with Crippen molar-refractivity contribution in [3.8, 4) is 5.75 Å². The van der Waals surface area contributed by atoms with Gasteiger partial charge in [0.15, 0.2) is 5.17 Å². The number of nitrogens with zero attached hydrogens (tertiary/aromatic N) is 2. The lowest BCUT2D eigenvalue weighted by Gasteiger charge is -2.21. The molecule has 0 spiro atoms. The van der Waals surface area contributed by atoms with Crippen LogP contribution in [-0.4, -0.2) is 47.8 Å². The van der Waals surface area contributed by atoms with Gasteiger partial charge in [0.25, 0.3) is 0 Å². The normalized spacial score (nSPS) is 22.3. The Morgan fingerprint density at radius 1 is 1.26 bits per heavy atom.